The number of hydrogen-bond acceptors (Lipinski definition) is 4. The van der Waals surface area contributed by atoms with Crippen LogP contribution >= 0.6 is 0 Å². The Labute approximate surface area is 107 Å². The molecular formula is C13H19N5. The molecule has 1 unspecified atom stereocenters. The fourth-order valence-electron chi connectivity index (χ4n) is 2.00. The van der Waals surface area contributed by atoms with E-state index in [1.54, 1.807) is 0 Å². The molecule has 18 heavy (non-hydrogen) atoms. The predicted octanol–water partition coefficient (Wildman–Crippen LogP) is 0.822. The number of nitrogens with zero attached hydrogens (tertiary/aromatic N) is 3. The third-order valence-corrected chi connectivity index (χ3v) is 3.01. The van der Waals surface area contributed by atoms with Crippen LogP contribution in [-0.4, -0.2) is 20.8 Å². The lowest BCUT2D eigenvalue weighted by molar-refractivity contribution is 0.491. The molecule has 0 aliphatic rings. The van der Waals surface area contributed by atoms with E-state index in [-0.39, 0.29) is 6.04 Å². The first-order chi connectivity index (χ1) is 8.78. The van der Waals surface area contributed by atoms with Crippen LogP contribution in [-0.2, 0) is 19.9 Å². The normalized spacial score (nSPS) is 12.6. The van der Waals surface area contributed by atoms with Crippen molar-refractivity contribution in [2.75, 3.05) is 0 Å². The van der Waals surface area contributed by atoms with Gasteiger partial charge in [0.2, 0.25) is 0 Å². The number of nitrogens with two attached hydrogens (primary N) is 1. The Morgan fingerprint density at radius 3 is 2.72 bits per heavy atom. The second kappa shape index (κ2) is 6.28. The minimum absolute atomic E-state index is 0.266. The van der Waals surface area contributed by atoms with Crippen LogP contribution in [0.2, 0.25) is 0 Å². The van der Waals surface area contributed by atoms with Gasteiger partial charge >= 0.3 is 0 Å². The quantitative estimate of drug-likeness (QED) is 0.584. The lowest BCUT2D eigenvalue weighted by Gasteiger charge is -2.14. The molecule has 1 atom stereocenters. The standard InChI is InChI=1S/C13H19N5/c1-18-10-12(9-16-18)8-13(17-14)3-2-11-4-6-15-7-5-11/h4-7,9-10,13,17H,2-3,8,14H2,1H3. The maximum Gasteiger partial charge on any atom is 0.0522 e. The van der Waals surface area contributed by atoms with Crippen molar-refractivity contribution in [1.82, 2.24) is 20.2 Å². The van der Waals surface area contributed by atoms with Crippen LogP contribution in [0.3, 0.4) is 0 Å². The maximum atomic E-state index is 5.60. The Hall–Kier alpha value is -1.72. The highest BCUT2D eigenvalue weighted by Crippen LogP contribution is 2.08. The van der Waals surface area contributed by atoms with Crippen LogP contribution in [0.1, 0.15) is 17.5 Å². The van der Waals surface area contributed by atoms with Gasteiger partial charge in [-0.3, -0.25) is 20.9 Å². The van der Waals surface area contributed by atoms with Gasteiger partial charge < -0.3 is 0 Å². The molecule has 0 amide bonds. The second-order valence-electron chi connectivity index (χ2n) is 4.48. The molecule has 0 aromatic carbocycles. The molecule has 96 valence electrons. The zero-order valence-corrected chi connectivity index (χ0v) is 10.6. The van der Waals surface area contributed by atoms with Gasteiger partial charge in [-0.05, 0) is 42.5 Å². The van der Waals surface area contributed by atoms with Gasteiger partial charge in [0, 0.05) is 31.7 Å². The Morgan fingerprint density at radius 2 is 2.11 bits per heavy atom. The highest BCUT2D eigenvalue weighted by molar-refractivity contribution is 5.11. The Balaban J connectivity index is 1.86. The summed E-state index contributed by atoms with van der Waals surface area (Å²) in [5.41, 5.74) is 5.37. The van der Waals surface area contributed by atoms with Gasteiger partial charge in [0.05, 0.1) is 6.20 Å². The lowest BCUT2D eigenvalue weighted by atomic mass is 10.0. The molecule has 5 heteroatoms. The smallest absolute Gasteiger partial charge is 0.0522 e. The first-order valence-electron chi connectivity index (χ1n) is 6.10. The van der Waals surface area contributed by atoms with Gasteiger partial charge in [0.15, 0.2) is 0 Å². The predicted molar refractivity (Wildman–Crippen MR) is 70.6 cm³/mol. The van der Waals surface area contributed by atoms with Crippen molar-refractivity contribution >= 4 is 0 Å². The van der Waals surface area contributed by atoms with Crippen molar-refractivity contribution in [3.8, 4) is 0 Å². The van der Waals surface area contributed by atoms with Crippen LogP contribution < -0.4 is 11.3 Å². The van der Waals surface area contributed by atoms with E-state index in [0.29, 0.717) is 0 Å². The monoisotopic (exact) mass is 245 g/mol. The highest BCUT2D eigenvalue weighted by Gasteiger charge is 2.09. The minimum Gasteiger partial charge on any atom is -0.276 e. The molecule has 0 saturated heterocycles. The first-order valence-corrected chi connectivity index (χ1v) is 6.10. The summed E-state index contributed by atoms with van der Waals surface area (Å²) >= 11 is 0. The van der Waals surface area contributed by atoms with Gasteiger partial charge in [-0.25, -0.2) is 0 Å². The largest absolute Gasteiger partial charge is 0.276 e. The summed E-state index contributed by atoms with van der Waals surface area (Å²) in [6.45, 7) is 0. The summed E-state index contributed by atoms with van der Waals surface area (Å²) in [4.78, 5) is 4.01. The van der Waals surface area contributed by atoms with Gasteiger partial charge in [0.25, 0.3) is 0 Å². The summed E-state index contributed by atoms with van der Waals surface area (Å²) in [6.07, 6.45) is 10.4. The van der Waals surface area contributed by atoms with Crippen molar-refractivity contribution in [3.05, 3.63) is 48.0 Å². The molecule has 0 radical (unpaired) electrons. The molecule has 5 nitrogen and oxygen atoms in total. The van der Waals surface area contributed by atoms with Crippen molar-refractivity contribution in [2.24, 2.45) is 12.9 Å². The van der Waals surface area contributed by atoms with E-state index in [1.807, 2.05) is 48.6 Å². The van der Waals surface area contributed by atoms with Crippen molar-refractivity contribution < 1.29 is 0 Å². The zero-order chi connectivity index (χ0) is 12.8. The molecule has 0 bridgehead atoms. The molecule has 0 aliphatic carbocycles. The first kappa shape index (κ1) is 12.7. The zero-order valence-electron chi connectivity index (χ0n) is 10.6. The average Bonchev–Trinajstić information content (AvgIpc) is 2.81. The summed E-state index contributed by atoms with van der Waals surface area (Å²) < 4.78 is 1.81. The van der Waals surface area contributed by atoms with Gasteiger partial charge in [0.1, 0.15) is 0 Å². The third-order valence-electron chi connectivity index (χ3n) is 3.01. The van der Waals surface area contributed by atoms with Crippen LogP contribution in [0, 0.1) is 0 Å². The molecule has 3 N–H and O–H groups in total. The van der Waals surface area contributed by atoms with Gasteiger partial charge in [-0.2, -0.15) is 5.10 Å². The fraction of sp³-hybridized carbons (Fsp3) is 0.385. The van der Waals surface area contributed by atoms with E-state index >= 15 is 0 Å². The van der Waals surface area contributed by atoms with Crippen LogP contribution in [0.5, 0.6) is 0 Å². The van der Waals surface area contributed by atoms with E-state index in [0.717, 1.165) is 19.3 Å². The van der Waals surface area contributed by atoms with E-state index in [2.05, 4.69) is 15.5 Å². The molecular weight excluding hydrogens is 226 g/mol. The molecule has 2 aromatic heterocycles. The third kappa shape index (κ3) is 3.65. The minimum atomic E-state index is 0.266. The molecule has 0 fully saturated rings. The maximum absolute atomic E-state index is 5.60. The topological polar surface area (TPSA) is 68.8 Å². The number of hydrazine groups is 1. The lowest BCUT2D eigenvalue weighted by Crippen LogP contribution is -2.37. The van der Waals surface area contributed by atoms with Crippen molar-refractivity contribution in [3.63, 3.8) is 0 Å². The Bertz CT molecular complexity index is 465. The van der Waals surface area contributed by atoms with Crippen molar-refractivity contribution in [2.45, 2.75) is 25.3 Å². The number of aromatic nitrogens is 3. The van der Waals surface area contributed by atoms with E-state index in [4.69, 9.17) is 5.84 Å². The van der Waals surface area contributed by atoms with Gasteiger partial charge in [-0.1, -0.05) is 0 Å². The average molecular weight is 245 g/mol. The molecule has 2 aromatic rings. The van der Waals surface area contributed by atoms with Crippen LogP contribution in [0.4, 0.5) is 0 Å². The number of aryl methyl sites for hydroxylation is 2. The highest BCUT2D eigenvalue weighted by atomic mass is 15.2. The van der Waals surface area contributed by atoms with Crippen LogP contribution in [0.15, 0.2) is 36.9 Å². The molecule has 2 rings (SSSR count). The Kier molecular flexibility index (Phi) is 4.44. The number of rotatable bonds is 6. The number of hydrogen-bond donors (Lipinski definition) is 2. The van der Waals surface area contributed by atoms with Crippen LogP contribution in [0.25, 0.3) is 0 Å². The summed E-state index contributed by atoms with van der Waals surface area (Å²) in [5.74, 6) is 5.60. The number of pyridine rings is 1. The second-order valence-corrected chi connectivity index (χ2v) is 4.48. The van der Waals surface area contributed by atoms with E-state index in [9.17, 15) is 0 Å². The number of nitrogens with one attached hydrogen (secondary N) is 1. The SMILES string of the molecule is Cn1cc(CC(CCc2ccncc2)NN)cn1. The molecule has 2 heterocycles. The molecule has 0 saturated carbocycles. The molecule has 0 aliphatic heterocycles. The summed E-state index contributed by atoms with van der Waals surface area (Å²) in [7, 11) is 1.92. The molecule has 0 spiro atoms. The van der Waals surface area contributed by atoms with E-state index in [1.165, 1.54) is 11.1 Å². The summed E-state index contributed by atoms with van der Waals surface area (Å²) in [6, 6.07) is 4.34. The van der Waals surface area contributed by atoms with Crippen molar-refractivity contribution in [1.29, 1.82) is 0 Å². The van der Waals surface area contributed by atoms with Gasteiger partial charge in [-0.15, -0.1) is 0 Å². The fourth-order valence-corrected chi connectivity index (χ4v) is 2.00. The summed E-state index contributed by atoms with van der Waals surface area (Å²) in [5, 5.41) is 4.16. The van der Waals surface area contributed by atoms with E-state index < -0.39 is 0 Å². The Morgan fingerprint density at radius 1 is 1.33 bits per heavy atom.